The van der Waals surface area contributed by atoms with Gasteiger partial charge in [0.15, 0.2) is 0 Å². The van der Waals surface area contributed by atoms with Crippen LogP contribution in [0.5, 0.6) is 0 Å². The van der Waals surface area contributed by atoms with E-state index in [0.717, 1.165) is 11.5 Å². The van der Waals surface area contributed by atoms with Crippen molar-refractivity contribution in [3.05, 3.63) is 46.0 Å². The van der Waals surface area contributed by atoms with Crippen LogP contribution in [0.3, 0.4) is 0 Å². The maximum Gasteiger partial charge on any atom is 0.131 e. The van der Waals surface area contributed by atoms with Crippen LogP contribution in [-0.4, -0.2) is 9.59 Å². The Balaban J connectivity index is 2.52. The van der Waals surface area contributed by atoms with Gasteiger partial charge in [-0.3, -0.25) is 5.84 Å². The quantitative estimate of drug-likeness (QED) is 0.658. The minimum absolute atomic E-state index is 0.110. The van der Waals surface area contributed by atoms with Crippen LogP contribution >= 0.6 is 11.5 Å². The molecule has 3 N–H and O–H groups in total. The summed E-state index contributed by atoms with van der Waals surface area (Å²) in [6.45, 7) is 1.89. The number of halogens is 2. The van der Waals surface area contributed by atoms with Gasteiger partial charge in [-0.25, -0.2) is 14.2 Å². The van der Waals surface area contributed by atoms with E-state index in [1.54, 1.807) is 0 Å². The predicted molar refractivity (Wildman–Crippen MR) is 64.8 cm³/mol. The zero-order chi connectivity index (χ0) is 13.1. The second kappa shape index (κ2) is 5.47. The first-order valence-electron chi connectivity index (χ1n) is 5.40. The molecule has 4 nitrogen and oxygen atoms in total. The molecule has 1 heterocycles. The van der Waals surface area contributed by atoms with Crippen LogP contribution in [0.4, 0.5) is 8.78 Å². The van der Waals surface area contributed by atoms with Crippen LogP contribution in [0.15, 0.2) is 18.2 Å². The molecule has 0 aliphatic rings. The minimum atomic E-state index is -0.777. The number of hydrazine groups is 1. The molecule has 0 saturated heterocycles. The first-order valence-corrected chi connectivity index (χ1v) is 6.17. The predicted octanol–water partition coefficient (Wildman–Crippen LogP) is 1.93. The molecule has 7 heteroatoms. The van der Waals surface area contributed by atoms with E-state index in [1.165, 1.54) is 18.2 Å². The number of aromatic nitrogens is 2. The second-order valence-electron chi connectivity index (χ2n) is 3.67. The van der Waals surface area contributed by atoms with E-state index >= 15 is 0 Å². The molecular formula is C11H12F2N4S. The van der Waals surface area contributed by atoms with Crippen molar-refractivity contribution in [3.8, 4) is 0 Å². The van der Waals surface area contributed by atoms with E-state index in [9.17, 15) is 8.78 Å². The van der Waals surface area contributed by atoms with Gasteiger partial charge in [-0.05, 0) is 30.1 Å². The lowest BCUT2D eigenvalue weighted by molar-refractivity contribution is 0.512. The lowest BCUT2D eigenvalue weighted by Gasteiger charge is -2.16. The Morgan fingerprint density at radius 3 is 2.61 bits per heavy atom. The van der Waals surface area contributed by atoms with Crippen LogP contribution in [0, 0.1) is 11.6 Å². The lowest BCUT2D eigenvalue weighted by atomic mass is 10.0. The number of aryl methyl sites for hydroxylation is 1. The molecule has 0 bridgehead atoms. The number of hydrogen-bond acceptors (Lipinski definition) is 5. The van der Waals surface area contributed by atoms with Gasteiger partial charge in [0.25, 0.3) is 0 Å². The van der Waals surface area contributed by atoms with E-state index in [-0.39, 0.29) is 5.56 Å². The number of rotatable bonds is 4. The van der Waals surface area contributed by atoms with Gasteiger partial charge in [-0.1, -0.05) is 17.5 Å². The molecule has 0 aliphatic carbocycles. The Labute approximate surface area is 107 Å². The molecule has 1 unspecified atom stereocenters. The van der Waals surface area contributed by atoms with Gasteiger partial charge in [-0.15, -0.1) is 5.10 Å². The minimum Gasteiger partial charge on any atom is -0.271 e. The standard InChI is InChI=1S/C11H12F2N4S/c1-2-8-11(18-17-16-8)10(15-14)9-6(12)4-3-5-7(9)13/h3-5,10,15H,2,14H2,1H3. The summed E-state index contributed by atoms with van der Waals surface area (Å²) in [6, 6.07) is 2.93. The van der Waals surface area contributed by atoms with Crippen molar-refractivity contribution in [2.24, 2.45) is 5.84 Å². The first-order chi connectivity index (χ1) is 8.69. The molecule has 0 saturated carbocycles. The number of hydrogen-bond donors (Lipinski definition) is 2. The average Bonchev–Trinajstić information content (AvgIpc) is 2.82. The summed E-state index contributed by atoms with van der Waals surface area (Å²) in [5.41, 5.74) is 3.00. The first kappa shape index (κ1) is 13.0. The summed E-state index contributed by atoms with van der Waals surface area (Å²) < 4.78 is 31.3. The van der Waals surface area contributed by atoms with Gasteiger partial charge >= 0.3 is 0 Å². The molecule has 0 radical (unpaired) electrons. The zero-order valence-corrected chi connectivity index (χ0v) is 10.5. The second-order valence-corrected chi connectivity index (χ2v) is 4.46. The van der Waals surface area contributed by atoms with Gasteiger partial charge in [0, 0.05) is 5.56 Å². The highest BCUT2D eigenvalue weighted by Gasteiger charge is 2.25. The molecule has 0 fully saturated rings. The fourth-order valence-electron chi connectivity index (χ4n) is 1.76. The Morgan fingerprint density at radius 2 is 2.06 bits per heavy atom. The molecule has 18 heavy (non-hydrogen) atoms. The van der Waals surface area contributed by atoms with Gasteiger partial charge in [-0.2, -0.15) is 0 Å². The maximum atomic E-state index is 13.7. The smallest absolute Gasteiger partial charge is 0.131 e. The maximum absolute atomic E-state index is 13.7. The van der Waals surface area contributed by atoms with Gasteiger partial charge in [0.05, 0.1) is 16.6 Å². The molecule has 1 atom stereocenters. The monoisotopic (exact) mass is 270 g/mol. The van der Waals surface area contributed by atoms with Gasteiger partial charge in [0.2, 0.25) is 0 Å². The number of nitrogens with two attached hydrogens (primary N) is 1. The number of benzene rings is 1. The molecule has 2 rings (SSSR count). The Hall–Kier alpha value is -1.44. The summed E-state index contributed by atoms with van der Waals surface area (Å²) in [5.74, 6) is 4.14. The molecule has 2 aromatic rings. The molecule has 0 aliphatic heterocycles. The molecule has 96 valence electrons. The van der Waals surface area contributed by atoms with Crippen molar-refractivity contribution >= 4 is 11.5 Å². The highest BCUT2D eigenvalue weighted by atomic mass is 32.1. The van der Waals surface area contributed by atoms with Crippen LogP contribution in [0.25, 0.3) is 0 Å². The van der Waals surface area contributed by atoms with Crippen LogP contribution in [0.1, 0.15) is 29.1 Å². The summed E-state index contributed by atoms with van der Waals surface area (Å²) in [5, 5.41) is 3.92. The molecular weight excluding hydrogens is 258 g/mol. The topological polar surface area (TPSA) is 63.8 Å². The third-order valence-electron chi connectivity index (χ3n) is 2.64. The lowest BCUT2D eigenvalue weighted by Crippen LogP contribution is -2.30. The van der Waals surface area contributed by atoms with Crippen molar-refractivity contribution in [3.63, 3.8) is 0 Å². The Morgan fingerprint density at radius 1 is 1.39 bits per heavy atom. The average molecular weight is 270 g/mol. The Kier molecular flexibility index (Phi) is 3.95. The third kappa shape index (κ3) is 2.24. The molecule has 1 aromatic carbocycles. The van der Waals surface area contributed by atoms with E-state index in [0.29, 0.717) is 17.0 Å². The Bertz CT molecular complexity index is 523. The fourth-order valence-corrected chi connectivity index (χ4v) is 2.57. The van der Waals surface area contributed by atoms with E-state index < -0.39 is 17.7 Å². The SMILES string of the molecule is CCc1nnsc1C(NN)c1c(F)cccc1F. The van der Waals surface area contributed by atoms with Crippen molar-refractivity contribution in [1.29, 1.82) is 0 Å². The zero-order valence-electron chi connectivity index (χ0n) is 9.65. The van der Waals surface area contributed by atoms with Gasteiger partial charge in [0.1, 0.15) is 11.6 Å². The van der Waals surface area contributed by atoms with Crippen molar-refractivity contribution in [2.45, 2.75) is 19.4 Å². The summed E-state index contributed by atoms with van der Waals surface area (Å²) in [7, 11) is 0. The normalized spacial score (nSPS) is 12.7. The number of nitrogens with one attached hydrogen (secondary N) is 1. The third-order valence-corrected chi connectivity index (χ3v) is 3.47. The van der Waals surface area contributed by atoms with Crippen LogP contribution in [-0.2, 0) is 6.42 Å². The highest BCUT2D eigenvalue weighted by molar-refractivity contribution is 7.05. The van der Waals surface area contributed by atoms with E-state index in [1.807, 2.05) is 6.92 Å². The number of nitrogens with zero attached hydrogens (tertiary/aromatic N) is 2. The van der Waals surface area contributed by atoms with Gasteiger partial charge < -0.3 is 0 Å². The summed E-state index contributed by atoms with van der Waals surface area (Å²) >= 11 is 1.08. The van der Waals surface area contributed by atoms with Crippen molar-refractivity contribution in [2.75, 3.05) is 0 Å². The van der Waals surface area contributed by atoms with Crippen LogP contribution in [0.2, 0.25) is 0 Å². The summed E-state index contributed by atoms with van der Waals surface area (Å²) in [4.78, 5) is 0.629. The molecule has 0 amide bonds. The van der Waals surface area contributed by atoms with Crippen molar-refractivity contribution < 1.29 is 8.78 Å². The fraction of sp³-hybridized carbons (Fsp3) is 0.273. The highest BCUT2D eigenvalue weighted by Crippen LogP contribution is 2.30. The van der Waals surface area contributed by atoms with E-state index in [2.05, 4.69) is 15.0 Å². The largest absolute Gasteiger partial charge is 0.271 e. The van der Waals surface area contributed by atoms with E-state index in [4.69, 9.17) is 5.84 Å². The summed E-state index contributed by atoms with van der Waals surface area (Å²) in [6.07, 6.45) is 0.625. The molecule has 1 aromatic heterocycles. The molecule has 0 spiro atoms. The van der Waals surface area contributed by atoms with Crippen LogP contribution < -0.4 is 11.3 Å². The van der Waals surface area contributed by atoms with Crippen molar-refractivity contribution in [1.82, 2.24) is 15.0 Å².